The summed E-state index contributed by atoms with van der Waals surface area (Å²) in [5, 5.41) is 0.612. The van der Waals surface area contributed by atoms with Crippen molar-refractivity contribution in [3.05, 3.63) is 64.1 Å². The minimum atomic E-state index is -0.551. The molecular weight excluding hydrogens is 416 g/mol. The molecule has 0 radical (unpaired) electrons. The maximum Gasteiger partial charge on any atom is 0.383 e. The highest BCUT2D eigenvalue weighted by molar-refractivity contribution is 5.91. The van der Waals surface area contributed by atoms with E-state index in [2.05, 4.69) is 45.9 Å². The third-order valence-electron chi connectivity index (χ3n) is 4.86. The Kier molecular flexibility index (Phi) is 10.8. The molecule has 0 saturated heterocycles. The van der Waals surface area contributed by atoms with Gasteiger partial charge in [-0.1, -0.05) is 42.4 Å². The number of hydrogen-bond donors (Lipinski definition) is 0. The smallest absolute Gasteiger partial charge is 0.383 e. The zero-order chi connectivity index (χ0) is 24.2. The van der Waals surface area contributed by atoms with E-state index in [0.29, 0.717) is 42.1 Å². The van der Waals surface area contributed by atoms with Crippen molar-refractivity contribution in [2.24, 2.45) is 0 Å². The Bertz CT molecular complexity index is 1040. The normalized spacial score (nSPS) is 11.9. The molecule has 0 amide bonds. The molecule has 2 aromatic rings. The van der Waals surface area contributed by atoms with Crippen LogP contribution >= 0.6 is 0 Å². The maximum atomic E-state index is 12.7. The van der Waals surface area contributed by atoms with Gasteiger partial charge in [-0.15, -0.1) is 0 Å². The van der Waals surface area contributed by atoms with Gasteiger partial charge in [-0.25, -0.2) is 4.79 Å². The first kappa shape index (κ1) is 26.3. The van der Waals surface area contributed by atoms with E-state index < -0.39 is 5.63 Å². The molecule has 0 aliphatic heterocycles. The first-order chi connectivity index (χ1) is 15.8. The Balaban J connectivity index is 2.32. The molecule has 5 heteroatoms. The Morgan fingerprint density at radius 2 is 1.82 bits per heavy atom. The molecule has 1 aromatic carbocycles. The quantitative estimate of drug-likeness (QED) is 0.179. The van der Waals surface area contributed by atoms with Crippen molar-refractivity contribution in [1.29, 1.82) is 0 Å². The molecule has 0 atom stereocenters. The third kappa shape index (κ3) is 8.49. The lowest BCUT2D eigenvalue weighted by atomic mass is 10.1. The van der Waals surface area contributed by atoms with E-state index in [-0.39, 0.29) is 11.9 Å². The summed E-state index contributed by atoms with van der Waals surface area (Å²) in [7, 11) is 0. The van der Waals surface area contributed by atoms with Crippen LogP contribution in [-0.4, -0.2) is 19.3 Å². The molecule has 0 spiro atoms. The number of fused-ring (bicyclic) bond motifs is 1. The van der Waals surface area contributed by atoms with Crippen LogP contribution in [0, 0.1) is 0 Å². The molecule has 0 N–H and O–H groups in total. The summed E-state index contributed by atoms with van der Waals surface area (Å²) in [5.74, 6) is 1.05. The minimum absolute atomic E-state index is 0.0885. The average molecular weight is 455 g/mol. The SMILES string of the molecule is CCC=CCCOc1c(OC(C)C)c2c(OC/C=C(\C)CCC=C(C)C)cccc2oc1=O. The zero-order valence-electron chi connectivity index (χ0n) is 20.9. The van der Waals surface area contributed by atoms with Crippen LogP contribution < -0.4 is 19.8 Å². The van der Waals surface area contributed by atoms with E-state index in [4.69, 9.17) is 18.6 Å². The predicted octanol–water partition coefficient (Wildman–Crippen LogP) is 7.39. The molecule has 1 aromatic heterocycles. The summed E-state index contributed by atoms with van der Waals surface area (Å²) >= 11 is 0. The van der Waals surface area contributed by atoms with Gasteiger partial charge in [0.05, 0.1) is 12.7 Å². The highest BCUT2D eigenvalue weighted by atomic mass is 16.5. The molecule has 5 nitrogen and oxygen atoms in total. The van der Waals surface area contributed by atoms with Crippen molar-refractivity contribution in [2.75, 3.05) is 13.2 Å². The molecule has 180 valence electrons. The summed E-state index contributed by atoms with van der Waals surface area (Å²) in [6.45, 7) is 13.0. The second-order valence-electron chi connectivity index (χ2n) is 8.54. The van der Waals surface area contributed by atoms with Crippen LogP contribution in [0.3, 0.4) is 0 Å². The summed E-state index contributed by atoms with van der Waals surface area (Å²) in [4.78, 5) is 12.7. The van der Waals surface area contributed by atoms with Crippen LogP contribution in [0.2, 0.25) is 0 Å². The second kappa shape index (κ2) is 13.6. The monoisotopic (exact) mass is 454 g/mol. The van der Waals surface area contributed by atoms with Crippen molar-refractivity contribution in [1.82, 2.24) is 0 Å². The lowest BCUT2D eigenvalue weighted by Gasteiger charge is -2.17. The van der Waals surface area contributed by atoms with Gasteiger partial charge in [0.25, 0.3) is 0 Å². The molecular formula is C28H38O5. The van der Waals surface area contributed by atoms with Gasteiger partial charge in [0.15, 0.2) is 5.75 Å². The van der Waals surface area contributed by atoms with Crippen LogP contribution in [0.5, 0.6) is 17.2 Å². The van der Waals surface area contributed by atoms with Gasteiger partial charge >= 0.3 is 5.63 Å². The van der Waals surface area contributed by atoms with Crippen LogP contribution in [0.15, 0.2) is 62.9 Å². The highest BCUT2D eigenvalue weighted by Gasteiger charge is 2.22. The number of ether oxygens (including phenoxy) is 3. The van der Waals surface area contributed by atoms with Crippen LogP contribution in [0.4, 0.5) is 0 Å². The van der Waals surface area contributed by atoms with Gasteiger partial charge in [0.1, 0.15) is 23.3 Å². The molecule has 1 heterocycles. The van der Waals surface area contributed by atoms with Crippen molar-refractivity contribution >= 4 is 11.0 Å². The summed E-state index contributed by atoms with van der Waals surface area (Å²) in [6.07, 6.45) is 11.9. The molecule has 2 rings (SSSR count). The van der Waals surface area contributed by atoms with E-state index in [9.17, 15) is 4.79 Å². The topological polar surface area (TPSA) is 57.9 Å². The Morgan fingerprint density at radius 3 is 2.52 bits per heavy atom. The van der Waals surface area contributed by atoms with Gasteiger partial charge in [-0.3, -0.25) is 0 Å². The summed E-state index contributed by atoms with van der Waals surface area (Å²) in [5.41, 5.74) is 2.45. The van der Waals surface area contributed by atoms with E-state index in [1.54, 1.807) is 12.1 Å². The predicted molar refractivity (Wildman–Crippen MR) is 136 cm³/mol. The van der Waals surface area contributed by atoms with Gasteiger partial charge in [-0.2, -0.15) is 0 Å². The largest absolute Gasteiger partial charge is 0.489 e. The summed E-state index contributed by atoms with van der Waals surface area (Å²) < 4.78 is 23.5. The molecule has 0 aliphatic rings. The lowest BCUT2D eigenvalue weighted by molar-refractivity contribution is 0.218. The molecule has 0 unspecified atom stereocenters. The van der Waals surface area contributed by atoms with Crippen LogP contribution in [0.25, 0.3) is 11.0 Å². The Labute approximate surface area is 197 Å². The van der Waals surface area contributed by atoms with Crippen molar-refractivity contribution in [3.63, 3.8) is 0 Å². The first-order valence-corrected chi connectivity index (χ1v) is 11.8. The van der Waals surface area contributed by atoms with Crippen molar-refractivity contribution in [2.45, 2.75) is 73.3 Å². The Morgan fingerprint density at radius 1 is 1.03 bits per heavy atom. The van der Waals surface area contributed by atoms with Gasteiger partial charge in [0, 0.05) is 0 Å². The van der Waals surface area contributed by atoms with E-state index in [0.717, 1.165) is 19.3 Å². The van der Waals surface area contributed by atoms with E-state index in [1.165, 1.54) is 11.1 Å². The lowest BCUT2D eigenvalue weighted by Crippen LogP contribution is -2.14. The Hall–Kier alpha value is -2.95. The molecule has 0 fully saturated rings. The minimum Gasteiger partial charge on any atom is -0.489 e. The fourth-order valence-corrected chi connectivity index (χ4v) is 3.24. The maximum absolute atomic E-state index is 12.7. The fraction of sp³-hybridized carbons (Fsp3) is 0.464. The molecule has 0 bridgehead atoms. The molecule has 0 aliphatic carbocycles. The van der Waals surface area contributed by atoms with Crippen molar-refractivity contribution in [3.8, 4) is 17.2 Å². The van der Waals surface area contributed by atoms with E-state index in [1.807, 2.05) is 26.0 Å². The fourth-order valence-electron chi connectivity index (χ4n) is 3.24. The van der Waals surface area contributed by atoms with Gasteiger partial charge < -0.3 is 18.6 Å². The van der Waals surface area contributed by atoms with Gasteiger partial charge in [0.2, 0.25) is 5.75 Å². The molecule has 0 saturated carbocycles. The van der Waals surface area contributed by atoms with Crippen molar-refractivity contribution < 1.29 is 18.6 Å². The average Bonchev–Trinajstić information content (AvgIpc) is 2.74. The number of benzene rings is 1. The van der Waals surface area contributed by atoms with Crippen LogP contribution in [0.1, 0.15) is 67.2 Å². The number of hydrogen-bond acceptors (Lipinski definition) is 5. The van der Waals surface area contributed by atoms with Gasteiger partial charge in [-0.05, 0) is 78.5 Å². The number of allylic oxidation sites excluding steroid dienone is 4. The molecule has 33 heavy (non-hydrogen) atoms. The highest BCUT2D eigenvalue weighted by Crippen LogP contribution is 2.39. The standard InChI is InChI=1S/C28H38O5/c1-7-8-9-10-18-31-27-26(32-21(4)5)25-23(15-12-16-24(25)33-28(27)29)30-19-17-22(6)14-11-13-20(2)3/h8-9,12-13,15-17,21H,7,10-11,14,18-19H2,1-6H3/b9-8?,22-17+. The first-order valence-electron chi connectivity index (χ1n) is 11.8. The third-order valence-corrected chi connectivity index (χ3v) is 4.86. The van der Waals surface area contributed by atoms with Crippen LogP contribution in [-0.2, 0) is 0 Å². The van der Waals surface area contributed by atoms with E-state index >= 15 is 0 Å². The zero-order valence-corrected chi connectivity index (χ0v) is 20.9. The summed E-state index contributed by atoms with van der Waals surface area (Å²) in [6, 6.07) is 5.40. The second-order valence-corrected chi connectivity index (χ2v) is 8.54. The number of rotatable bonds is 13.